The summed E-state index contributed by atoms with van der Waals surface area (Å²) >= 11 is 3.47. The molecule has 0 spiro atoms. The van der Waals surface area contributed by atoms with Crippen LogP contribution in [0, 0.1) is 12.3 Å². The van der Waals surface area contributed by atoms with E-state index in [0.29, 0.717) is 25.6 Å². The minimum Gasteiger partial charge on any atom is -0.493 e. The van der Waals surface area contributed by atoms with Crippen molar-refractivity contribution in [2.24, 2.45) is 0 Å². The molecule has 0 aliphatic rings. The number of ether oxygens (including phenoxy) is 1. The molecule has 128 valence electrons. The van der Waals surface area contributed by atoms with Gasteiger partial charge in [0.25, 0.3) is 0 Å². The van der Waals surface area contributed by atoms with Crippen molar-refractivity contribution in [3.8, 4) is 23.8 Å². The molecule has 0 fully saturated rings. The highest BCUT2D eigenvalue weighted by molar-refractivity contribution is 9.08. The number of halogens is 1. The highest BCUT2D eigenvalue weighted by Gasteiger charge is 2.14. The zero-order valence-electron chi connectivity index (χ0n) is 13.7. The Kier molecular flexibility index (Phi) is 11.1. The summed E-state index contributed by atoms with van der Waals surface area (Å²) in [6.07, 6.45) is 7.93. The molecule has 1 rings (SSSR count). The highest BCUT2D eigenvalue weighted by Crippen LogP contribution is 2.41. The first-order valence-electron chi connectivity index (χ1n) is 7.74. The molecule has 0 aromatic heterocycles. The normalized spacial score (nSPS) is 10.6. The molecule has 0 saturated carbocycles. The molecule has 4 nitrogen and oxygen atoms in total. The number of rotatable bonds is 12. The van der Waals surface area contributed by atoms with E-state index < -0.39 is 8.60 Å². The molecule has 0 unspecified atom stereocenters. The molecule has 0 radical (unpaired) electrons. The zero-order chi connectivity index (χ0) is 16.9. The smallest absolute Gasteiger partial charge is 0.397 e. The average molecular weight is 403 g/mol. The largest absolute Gasteiger partial charge is 0.493 e. The van der Waals surface area contributed by atoms with Gasteiger partial charge in [0.15, 0.2) is 0 Å². The van der Waals surface area contributed by atoms with E-state index >= 15 is 0 Å². The fourth-order valence-electron chi connectivity index (χ4n) is 1.73. The first-order chi connectivity index (χ1) is 11.2. The Labute approximate surface area is 149 Å². The summed E-state index contributed by atoms with van der Waals surface area (Å²) in [5.41, 5.74) is 1.08. The Morgan fingerprint density at radius 3 is 2.52 bits per heavy atom. The molecule has 0 saturated heterocycles. The standard InChI is InChI=1S/C17H24BrO4P/c1-4-7-8-9-12-19-17-13-16(11-10-15(17)14-18)22-23(20-5-2)21-6-3/h1,10-11,13H,5-9,12,14H2,2-3H3. The van der Waals surface area contributed by atoms with Crippen molar-refractivity contribution >= 4 is 24.5 Å². The molecule has 6 heteroatoms. The Morgan fingerprint density at radius 2 is 1.91 bits per heavy atom. The van der Waals surface area contributed by atoms with Crippen molar-refractivity contribution in [3.05, 3.63) is 23.8 Å². The van der Waals surface area contributed by atoms with Crippen LogP contribution in [0.25, 0.3) is 0 Å². The summed E-state index contributed by atoms with van der Waals surface area (Å²) in [5.74, 6) is 4.12. The van der Waals surface area contributed by atoms with Crippen molar-refractivity contribution in [3.63, 3.8) is 0 Å². The molecular formula is C17H24BrO4P. The van der Waals surface area contributed by atoms with Gasteiger partial charge in [-0.2, -0.15) is 0 Å². The second-order valence-electron chi connectivity index (χ2n) is 4.56. The van der Waals surface area contributed by atoms with Crippen molar-refractivity contribution < 1.29 is 18.3 Å². The van der Waals surface area contributed by atoms with Gasteiger partial charge in [-0.3, -0.25) is 0 Å². The van der Waals surface area contributed by atoms with Gasteiger partial charge in [-0.1, -0.05) is 22.0 Å². The van der Waals surface area contributed by atoms with Crippen LogP contribution in [-0.4, -0.2) is 19.8 Å². The van der Waals surface area contributed by atoms with Gasteiger partial charge >= 0.3 is 8.60 Å². The topological polar surface area (TPSA) is 36.9 Å². The van der Waals surface area contributed by atoms with Crippen LogP contribution in [0.15, 0.2) is 18.2 Å². The summed E-state index contributed by atoms with van der Waals surface area (Å²) in [5, 5.41) is 0.721. The maximum atomic E-state index is 5.86. The minimum absolute atomic E-state index is 0.545. The maximum absolute atomic E-state index is 5.86. The van der Waals surface area contributed by atoms with Gasteiger partial charge in [0.05, 0.1) is 19.8 Å². The monoisotopic (exact) mass is 402 g/mol. The quantitative estimate of drug-likeness (QED) is 0.202. The van der Waals surface area contributed by atoms with E-state index in [1.807, 2.05) is 32.0 Å². The lowest BCUT2D eigenvalue weighted by Gasteiger charge is -2.17. The highest BCUT2D eigenvalue weighted by atomic mass is 79.9. The second kappa shape index (κ2) is 12.6. The van der Waals surface area contributed by atoms with Gasteiger partial charge in [0, 0.05) is 23.4 Å². The van der Waals surface area contributed by atoms with E-state index in [0.717, 1.165) is 35.9 Å². The zero-order valence-corrected chi connectivity index (χ0v) is 16.2. The van der Waals surface area contributed by atoms with E-state index in [4.69, 9.17) is 24.7 Å². The van der Waals surface area contributed by atoms with Crippen molar-refractivity contribution in [2.75, 3.05) is 19.8 Å². The van der Waals surface area contributed by atoms with E-state index in [1.54, 1.807) is 0 Å². The van der Waals surface area contributed by atoms with E-state index in [9.17, 15) is 0 Å². The van der Waals surface area contributed by atoms with Crippen LogP contribution >= 0.6 is 24.5 Å². The van der Waals surface area contributed by atoms with Crippen LogP contribution in [-0.2, 0) is 14.4 Å². The lowest BCUT2D eigenvalue weighted by Crippen LogP contribution is -2.01. The van der Waals surface area contributed by atoms with Crippen molar-refractivity contribution in [2.45, 2.75) is 38.4 Å². The molecular weight excluding hydrogens is 379 g/mol. The number of hydrogen-bond donors (Lipinski definition) is 0. The Morgan fingerprint density at radius 1 is 1.17 bits per heavy atom. The molecule has 0 N–H and O–H groups in total. The predicted molar refractivity (Wildman–Crippen MR) is 98.1 cm³/mol. The third-order valence-corrected chi connectivity index (χ3v) is 4.71. The molecule has 1 aromatic carbocycles. The summed E-state index contributed by atoms with van der Waals surface area (Å²) in [7, 11) is -1.37. The van der Waals surface area contributed by atoms with E-state index in [1.165, 1.54) is 0 Å². The SMILES string of the molecule is C#CCCCCOc1cc(OP(OCC)OCC)ccc1CBr. The number of terminal acetylenes is 1. The number of alkyl halides is 1. The third-order valence-electron chi connectivity index (χ3n) is 2.80. The van der Waals surface area contributed by atoms with Crippen LogP contribution in [0.3, 0.4) is 0 Å². The van der Waals surface area contributed by atoms with Crippen LogP contribution < -0.4 is 9.26 Å². The first kappa shape index (κ1) is 20.3. The fraction of sp³-hybridized carbons (Fsp3) is 0.529. The molecule has 23 heavy (non-hydrogen) atoms. The molecule has 0 aliphatic heterocycles. The lowest BCUT2D eigenvalue weighted by atomic mass is 10.2. The number of unbranched alkanes of at least 4 members (excludes halogenated alkanes) is 2. The fourth-order valence-corrected chi connectivity index (χ4v) is 3.09. The Hall–Kier alpha value is -0.790. The molecule has 1 aromatic rings. The minimum atomic E-state index is -1.37. The van der Waals surface area contributed by atoms with E-state index in [-0.39, 0.29) is 0 Å². The van der Waals surface area contributed by atoms with Crippen molar-refractivity contribution in [1.82, 2.24) is 0 Å². The molecule has 0 atom stereocenters. The van der Waals surface area contributed by atoms with Crippen LogP contribution in [0.5, 0.6) is 11.5 Å². The van der Waals surface area contributed by atoms with Gasteiger partial charge in [0.2, 0.25) is 0 Å². The number of hydrogen-bond acceptors (Lipinski definition) is 4. The third kappa shape index (κ3) is 8.04. The van der Waals surface area contributed by atoms with E-state index in [2.05, 4.69) is 21.9 Å². The van der Waals surface area contributed by atoms with Crippen LogP contribution in [0.4, 0.5) is 0 Å². The summed E-state index contributed by atoms with van der Waals surface area (Å²) in [6.45, 7) is 5.55. The van der Waals surface area contributed by atoms with Gasteiger partial charge in [-0.25, -0.2) is 0 Å². The Bertz CT molecular complexity index is 484. The first-order valence-corrected chi connectivity index (χ1v) is 9.95. The Balaban J connectivity index is 2.67. The lowest BCUT2D eigenvalue weighted by molar-refractivity contribution is 0.221. The summed E-state index contributed by atoms with van der Waals surface area (Å²) < 4.78 is 22.6. The van der Waals surface area contributed by atoms with Gasteiger partial charge < -0.3 is 18.3 Å². The summed E-state index contributed by atoms with van der Waals surface area (Å²) in [4.78, 5) is 0. The van der Waals surface area contributed by atoms with Crippen molar-refractivity contribution in [1.29, 1.82) is 0 Å². The molecule has 0 amide bonds. The van der Waals surface area contributed by atoms with Crippen LogP contribution in [0.1, 0.15) is 38.7 Å². The maximum Gasteiger partial charge on any atom is 0.397 e. The second-order valence-corrected chi connectivity index (χ2v) is 6.27. The average Bonchev–Trinajstić information content (AvgIpc) is 2.55. The predicted octanol–water partition coefficient (Wildman–Crippen LogP) is 5.44. The van der Waals surface area contributed by atoms with Gasteiger partial charge in [-0.05, 0) is 32.8 Å². The molecule has 0 aliphatic carbocycles. The van der Waals surface area contributed by atoms with Gasteiger partial charge in [-0.15, -0.1) is 12.3 Å². The van der Waals surface area contributed by atoms with Crippen LogP contribution in [0.2, 0.25) is 0 Å². The van der Waals surface area contributed by atoms with Gasteiger partial charge in [0.1, 0.15) is 11.5 Å². The molecule has 0 bridgehead atoms. The summed E-state index contributed by atoms with van der Waals surface area (Å²) in [6, 6.07) is 5.76. The number of benzene rings is 1. The molecule has 0 heterocycles.